The molecule has 0 aromatic carbocycles. The fourth-order valence-electron chi connectivity index (χ4n) is 1.89. The van der Waals surface area contributed by atoms with E-state index in [4.69, 9.17) is 10.9 Å². The molecule has 1 aliphatic carbocycles. The molecule has 0 atom stereocenters. The first kappa shape index (κ1) is 12.6. The fourth-order valence-corrected chi connectivity index (χ4v) is 2.38. The Balaban J connectivity index is 2.30. The van der Waals surface area contributed by atoms with Crippen molar-refractivity contribution >= 4 is 17.6 Å². The number of hydrogen-bond acceptors (Lipinski definition) is 4. The Labute approximate surface area is 95.9 Å². The minimum atomic E-state index is 0.295. The van der Waals surface area contributed by atoms with Crippen molar-refractivity contribution < 1.29 is 5.21 Å². The molecule has 0 aromatic rings. The maximum Gasteiger partial charge on any atom is 0.139 e. The summed E-state index contributed by atoms with van der Waals surface area (Å²) in [4.78, 5) is 2.34. The molecule has 15 heavy (non-hydrogen) atoms. The van der Waals surface area contributed by atoms with Crippen molar-refractivity contribution in [3.05, 3.63) is 0 Å². The molecule has 0 saturated heterocycles. The van der Waals surface area contributed by atoms with Gasteiger partial charge < -0.3 is 15.8 Å². The smallest absolute Gasteiger partial charge is 0.139 e. The molecule has 0 heterocycles. The van der Waals surface area contributed by atoms with Crippen LogP contribution in [0.5, 0.6) is 0 Å². The van der Waals surface area contributed by atoms with Crippen molar-refractivity contribution in [2.24, 2.45) is 16.3 Å². The SMILES string of the molecule is CSCCN(C)CC1(CC(N)=NO)CC1. The zero-order valence-corrected chi connectivity index (χ0v) is 10.4. The summed E-state index contributed by atoms with van der Waals surface area (Å²) >= 11 is 1.86. The van der Waals surface area contributed by atoms with Gasteiger partial charge in [0, 0.05) is 25.3 Å². The Morgan fingerprint density at radius 3 is 2.73 bits per heavy atom. The molecular formula is C10H21N3OS. The highest BCUT2D eigenvalue weighted by molar-refractivity contribution is 7.98. The van der Waals surface area contributed by atoms with Gasteiger partial charge in [0.1, 0.15) is 5.84 Å². The van der Waals surface area contributed by atoms with Gasteiger partial charge >= 0.3 is 0 Å². The highest BCUT2D eigenvalue weighted by Crippen LogP contribution is 2.49. The van der Waals surface area contributed by atoms with Crippen LogP contribution in [0.15, 0.2) is 5.16 Å². The average molecular weight is 231 g/mol. The minimum Gasteiger partial charge on any atom is -0.409 e. The molecule has 0 amide bonds. The number of hydrogen-bond donors (Lipinski definition) is 2. The van der Waals surface area contributed by atoms with Gasteiger partial charge in [-0.1, -0.05) is 5.16 Å². The summed E-state index contributed by atoms with van der Waals surface area (Å²) in [5.41, 5.74) is 5.85. The largest absolute Gasteiger partial charge is 0.409 e. The normalized spacial score (nSPS) is 19.5. The first-order valence-corrected chi connectivity index (χ1v) is 6.65. The third-order valence-electron chi connectivity index (χ3n) is 2.92. The van der Waals surface area contributed by atoms with E-state index in [2.05, 4.69) is 23.4 Å². The maximum absolute atomic E-state index is 8.55. The van der Waals surface area contributed by atoms with Crippen LogP contribution in [-0.2, 0) is 0 Å². The van der Waals surface area contributed by atoms with Crippen molar-refractivity contribution in [1.82, 2.24) is 4.90 Å². The van der Waals surface area contributed by atoms with Crippen LogP contribution in [0.2, 0.25) is 0 Å². The molecule has 0 unspecified atom stereocenters. The molecule has 5 heteroatoms. The van der Waals surface area contributed by atoms with E-state index in [9.17, 15) is 0 Å². The summed E-state index contributed by atoms with van der Waals surface area (Å²) in [6.07, 6.45) is 5.25. The van der Waals surface area contributed by atoms with E-state index in [1.54, 1.807) is 0 Å². The lowest BCUT2D eigenvalue weighted by molar-refractivity contribution is 0.275. The Morgan fingerprint density at radius 1 is 1.60 bits per heavy atom. The van der Waals surface area contributed by atoms with Gasteiger partial charge in [0.15, 0.2) is 0 Å². The summed E-state index contributed by atoms with van der Waals surface area (Å²) in [5.74, 6) is 1.53. The number of rotatable bonds is 7. The highest BCUT2D eigenvalue weighted by atomic mass is 32.2. The lowest BCUT2D eigenvalue weighted by Crippen LogP contribution is -2.31. The van der Waals surface area contributed by atoms with E-state index in [-0.39, 0.29) is 0 Å². The fraction of sp³-hybridized carbons (Fsp3) is 0.900. The monoisotopic (exact) mass is 231 g/mol. The van der Waals surface area contributed by atoms with Gasteiger partial charge in [0.05, 0.1) is 0 Å². The highest BCUT2D eigenvalue weighted by Gasteiger charge is 2.43. The van der Waals surface area contributed by atoms with Gasteiger partial charge in [-0.05, 0) is 31.6 Å². The predicted molar refractivity (Wildman–Crippen MR) is 65.6 cm³/mol. The lowest BCUT2D eigenvalue weighted by atomic mass is 10.0. The molecule has 1 rings (SSSR count). The van der Waals surface area contributed by atoms with E-state index in [0.717, 1.165) is 25.3 Å². The molecule has 3 N–H and O–H groups in total. The van der Waals surface area contributed by atoms with E-state index < -0.39 is 0 Å². The van der Waals surface area contributed by atoms with E-state index in [1.165, 1.54) is 12.8 Å². The molecule has 1 saturated carbocycles. The molecule has 0 bridgehead atoms. The van der Waals surface area contributed by atoms with Crippen molar-refractivity contribution in [3.8, 4) is 0 Å². The first-order chi connectivity index (χ1) is 7.12. The van der Waals surface area contributed by atoms with Crippen molar-refractivity contribution in [3.63, 3.8) is 0 Å². The van der Waals surface area contributed by atoms with Gasteiger partial charge in [-0.15, -0.1) is 0 Å². The Morgan fingerprint density at radius 2 is 2.27 bits per heavy atom. The van der Waals surface area contributed by atoms with Gasteiger partial charge in [-0.2, -0.15) is 11.8 Å². The molecule has 0 spiro atoms. The van der Waals surface area contributed by atoms with Crippen LogP contribution in [0.4, 0.5) is 0 Å². The summed E-state index contributed by atoms with van der Waals surface area (Å²) in [5, 5.41) is 11.6. The Hall–Kier alpha value is -0.420. The molecular weight excluding hydrogens is 210 g/mol. The summed E-state index contributed by atoms with van der Waals surface area (Å²) in [7, 11) is 2.14. The van der Waals surface area contributed by atoms with Crippen LogP contribution < -0.4 is 5.73 Å². The number of thioether (sulfide) groups is 1. The molecule has 1 fully saturated rings. The molecule has 1 aliphatic rings. The van der Waals surface area contributed by atoms with Gasteiger partial charge in [-0.25, -0.2) is 0 Å². The van der Waals surface area contributed by atoms with Gasteiger partial charge in [-0.3, -0.25) is 0 Å². The van der Waals surface area contributed by atoms with Gasteiger partial charge in [0.25, 0.3) is 0 Å². The molecule has 0 radical (unpaired) electrons. The number of oxime groups is 1. The zero-order valence-electron chi connectivity index (χ0n) is 9.57. The third-order valence-corrected chi connectivity index (χ3v) is 3.51. The third kappa shape index (κ3) is 4.30. The van der Waals surface area contributed by atoms with Crippen LogP contribution in [0.1, 0.15) is 19.3 Å². The topological polar surface area (TPSA) is 61.8 Å². The number of nitrogens with two attached hydrogens (primary N) is 1. The van der Waals surface area contributed by atoms with Crippen LogP contribution >= 0.6 is 11.8 Å². The quantitative estimate of drug-likeness (QED) is 0.299. The van der Waals surface area contributed by atoms with Crippen LogP contribution in [-0.4, -0.2) is 48.1 Å². The van der Waals surface area contributed by atoms with Crippen LogP contribution in [0.3, 0.4) is 0 Å². The van der Waals surface area contributed by atoms with E-state index in [0.29, 0.717) is 11.3 Å². The van der Waals surface area contributed by atoms with Gasteiger partial charge in [0.2, 0.25) is 0 Å². The van der Waals surface area contributed by atoms with Crippen molar-refractivity contribution in [2.45, 2.75) is 19.3 Å². The summed E-state index contributed by atoms with van der Waals surface area (Å²) < 4.78 is 0. The van der Waals surface area contributed by atoms with E-state index >= 15 is 0 Å². The summed E-state index contributed by atoms with van der Waals surface area (Å²) in [6.45, 7) is 2.17. The number of amidine groups is 1. The number of nitrogens with zero attached hydrogens (tertiary/aromatic N) is 2. The standard InChI is InChI=1S/C10H21N3OS/c1-13(5-6-15-2)8-10(3-4-10)7-9(11)12-14/h14H,3-8H2,1-2H3,(H2,11,12). The first-order valence-electron chi connectivity index (χ1n) is 5.26. The second-order valence-corrected chi connectivity index (χ2v) is 5.48. The van der Waals surface area contributed by atoms with E-state index in [1.807, 2.05) is 11.8 Å². The molecule has 4 nitrogen and oxygen atoms in total. The second-order valence-electron chi connectivity index (χ2n) is 4.50. The molecule has 0 aromatic heterocycles. The molecule has 0 aliphatic heterocycles. The van der Waals surface area contributed by atoms with Crippen LogP contribution in [0.25, 0.3) is 0 Å². The molecule has 88 valence electrons. The second kappa shape index (κ2) is 5.61. The predicted octanol–water partition coefficient (Wildman–Crippen LogP) is 1.20. The van der Waals surface area contributed by atoms with Crippen LogP contribution in [0, 0.1) is 5.41 Å². The zero-order chi connectivity index (χ0) is 11.3. The van der Waals surface area contributed by atoms with Crippen molar-refractivity contribution in [1.29, 1.82) is 0 Å². The lowest BCUT2D eigenvalue weighted by Gasteiger charge is -2.22. The van der Waals surface area contributed by atoms with Crippen molar-refractivity contribution in [2.75, 3.05) is 32.1 Å². The average Bonchev–Trinajstić information content (AvgIpc) is 2.94. The summed E-state index contributed by atoms with van der Waals surface area (Å²) in [6, 6.07) is 0. The Kier molecular flexibility index (Phi) is 4.73. The Bertz CT molecular complexity index is 229. The minimum absolute atomic E-state index is 0.295. The maximum atomic E-state index is 8.55.